The van der Waals surface area contributed by atoms with Crippen molar-refractivity contribution in [2.45, 2.75) is 6.18 Å². The first-order valence-corrected chi connectivity index (χ1v) is 5.72. The van der Waals surface area contributed by atoms with Crippen LogP contribution in [0.15, 0.2) is 41.5 Å². The van der Waals surface area contributed by atoms with Crippen LogP contribution in [0.1, 0.15) is 5.69 Å². The number of alkyl halides is 3. The van der Waals surface area contributed by atoms with Gasteiger partial charge in [-0.2, -0.15) is 13.2 Å². The van der Waals surface area contributed by atoms with E-state index in [4.69, 9.17) is 11.5 Å². The van der Waals surface area contributed by atoms with Crippen LogP contribution in [-0.2, 0) is 6.18 Å². The van der Waals surface area contributed by atoms with Crippen molar-refractivity contribution in [1.82, 2.24) is 9.97 Å². The van der Waals surface area contributed by atoms with E-state index in [9.17, 15) is 13.2 Å². The Bertz CT molecular complexity index is 650. The van der Waals surface area contributed by atoms with Crippen LogP contribution in [0.3, 0.4) is 0 Å². The molecular weight excluding hydrogens is 285 g/mol. The Morgan fingerprint density at radius 1 is 1.10 bits per heavy atom. The Hall–Kier alpha value is -2.84. The number of nitrogens with two attached hydrogens (primary N) is 2. The largest absolute Gasteiger partial charge is 0.433 e. The standard InChI is InChI=1S/C12H11F3N6/c13-12(14,15)9-6-8(7-4-2-1-3-5-7)18-11(19-9)21-20-10(16)17/h1-6H,(H4,16,17,20)(H,18,19,21). The number of nitrogens with one attached hydrogen (secondary N) is 1. The van der Waals surface area contributed by atoms with Gasteiger partial charge in [0.15, 0.2) is 5.69 Å². The quantitative estimate of drug-likeness (QED) is 0.455. The van der Waals surface area contributed by atoms with Crippen LogP contribution in [0.2, 0.25) is 0 Å². The third-order valence-corrected chi connectivity index (χ3v) is 2.37. The third kappa shape index (κ3) is 3.81. The molecule has 0 spiro atoms. The molecule has 0 bridgehead atoms. The molecule has 0 fully saturated rings. The molecule has 1 aromatic carbocycles. The van der Waals surface area contributed by atoms with Crippen molar-refractivity contribution < 1.29 is 13.2 Å². The molecule has 0 atom stereocenters. The number of nitrogens with zero attached hydrogens (tertiary/aromatic N) is 3. The molecule has 0 aliphatic carbocycles. The molecule has 2 rings (SSSR count). The molecule has 0 saturated heterocycles. The van der Waals surface area contributed by atoms with E-state index in [-0.39, 0.29) is 17.6 Å². The molecule has 5 N–H and O–H groups in total. The zero-order chi connectivity index (χ0) is 15.5. The van der Waals surface area contributed by atoms with E-state index in [1.807, 2.05) is 0 Å². The summed E-state index contributed by atoms with van der Waals surface area (Å²) in [5, 5.41) is 3.38. The van der Waals surface area contributed by atoms with Crippen LogP contribution in [-0.4, -0.2) is 15.9 Å². The predicted octanol–water partition coefficient (Wildman–Crippen LogP) is 1.76. The SMILES string of the molecule is NC(N)=NNc1nc(-c2ccccc2)cc(C(F)(F)F)n1. The zero-order valence-electron chi connectivity index (χ0n) is 10.6. The van der Waals surface area contributed by atoms with Crippen LogP contribution in [0.4, 0.5) is 19.1 Å². The second-order valence-electron chi connectivity index (χ2n) is 3.97. The summed E-state index contributed by atoms with van der Waals surface area (Å²) in [5.74, 6) is -0.700. The Balaban J connectivity index is 2.50. The van der Waals surface area contributed by atoms with Gasteiger partial charge >= 0.3 is 6.18 Å². The first kappa shape index (κ1) is 14.6. The summed E-state index contributed by atoms with van der Waals surface area (Å²) in [7, 11) is 0. The zero-order valence-corrected chi connectivity index (χ0v) is 10.6. The van der Waals surface area contributed by atoms with Crippen molar-refractivity contribution in [2.75, 3.05) is 5.43 Å². The second kappa shape index (κ2) is 5.65. The number of hydrogen-bond donors (Lipinski definition) is 3. The molecule has 0 aliphatic heterocycles. The van der Waals surface area contributed by atoms with Crippen LogP contribution >= 0.6 is 0 Å². The topological polar surface area (TPSA) is 102 Å². The maximum absolute atomic E-state index is 12.9. The van der Waals surface area contributed by atoms with Gasteiger partial charge in [0.1, 0.15) is 0 Å². The minimum Gasteiger partial charge on any atom is -0.369 e. The lowest BCUT2D eigenvalue weighted by molar-refractivity contribution is -0.141. The molecule has 0 amide bonds. The monoisotopic (exact) mass is 296 g/mol. The van der Waals surface area contributed by atoms with Crippen molar-refractivity contribution in [3.63, 3.8) is 0 Å². The number of guanidine groups is 1. The lowest BCUT2D eigenvalue weighted by atomic mass is 10.1. The van der Waals surface area contributed by atoms with Crippen LogP contribution in [0.25, 0.3) is 11.3 Å². The van der Waals surface area contributed by atoms with Crippen molar-refractivity contribution in [3.05, 3.63) is 42.1 Å². The normalized spacial score (nSPS) is 11.0. The molecule has 0 unspecified atom stereocenters. The summed E-state index contributed by atoms with van der Waals surface area (Å²) >= 11 is 0. The van der Waals surface area contributed by atoms with E-state index < -0.39 is 11.9 Å². The fourth-order valence-corrected chi connectivity index (χ4v) is 1.51. The maximum Gasteiger partial charge on any atom is 0.433 e. The van der Waals surface area contributed by atoms with Crippen molar-refractivity contribution in [3.8, 4) is 11.3 Å². The Morgan fingerprint density at radius 3 is 2.33 bits per heavy atom. The fraction of sp³-hybridized carbons (Fsp3) is 0.0833. The molecule has 6 nitrogen and oxygen atoms in total. The highest BCUT2D eigenvalue weighted by Gasteiger charge is 2.33. The lowest BCUT2D eigenvalue weighted by Gasteiger charge is -2.10. The highest BCUT2D eigenvalue weighted by atomic mass is 19.4. The van der Waals surface area contributed by atoms with Gasteiger partial charge in [-0.1, -0.05) is 30.3 Å². The number of hydrogen-bond acceptors (Lipinski definition) is 4. The van der Waals surface area contributed by atoms with Crippen LogP contribution in [0, 0.1) is 0 Å². The van der Waals surface area contributed by atoms with Gasteiger partial charge in [-0.25, -0.2) is 15.4 Å². The van der Waals surface area contributed by atoms with Crippen molar-refractivity contribution in [2.24, 2.45) is 16.6 Å². The number of hydrazone groups is 1. The van der Waals surface area contributed by atoms with Crippen molar-refractivity contribution >= 4 is 11.9 Å². The first-order valence-electron chi connectivity index (χ1n) is 5.72. The summed E-state index contributed by atoms with van der Waals surface area (Å²) in [5.41, 5.74) is 11.9. The van der Waals surface area contributed by atoms with E-state index >= 15 is 0 Å². The molecule has 0 saturated carbocycles. The molecule has 0 aliphatic rings. The van der Waals surface area contributed by atoms with Gasteiger partial charge in [0.25, 0.3) is 0 Å². The van der Waals surface area contributed by atoms with Crippen LogP contribution < -0.4 is 16.9 Å². The third-order valence-electron chi connectivity index (χ3n) is 2.37. The number of rotatable bonds is 3. The van der Waals surface area contributed by atoms with Gasteiger partial charge < -0.3 is 11.5 Å². The molecular formula is C12H11F3N6. The van der Waals surface area contributed by atoms with Crippen molar-refractivity contribution in [1.29, 1.82) is 0 Å². The van der Waals surface area contributed by atoms with E-state index in [2.05, 4.69) is 20.5 Å². The number of aromatic nitrogens is 2. The summed E-state index contributed by atoms with van der Waals surface area (Å²) < 4.78 is 38.6. The summed E-state index contributed by atoms with van der Waals surface area (Å²) in [4.78, 5) is 7.29. The molecule has 0 radical (unpaired) electrons. The van der Waals surface area contributed by atoms with Gasteiger partial charge in [-0.15, -0.1) is 5.10 Å². The van der Waals surface area contributed by atoms with E-state index in [1.165, 1.54) is 0 Å². The van der Waals surface area contributed by atoms with E-state index in [0.717, 1.165) is 6.07 Å². The van der Waals surface area contributed by atoms with Gasteiger partial charge in [-0.3, -0.25) is 0 Å². The number of anilines is 1. The molecule has 110 valence electrons. The number of benzene rings is 1. The minimum atomic E-state index is -4.61. The smallest absolute Gasteiger partial charge is 0.369 e. The maximum atomic E-state index is 12.9. The Kier molecular flexibility index (Phi) is 3.92. The van der Waals surface area contributed by atoms with E-state index in [1.54, 1.807) is 30.3 Å². The number of halogens is 3. The summed E-state index contributed by atoms with van der Waals surface area (Å²) in [6.45, 7) is 0. The molecule has 1 aromatic heterocycles. The van der Waals surface area contributed by atoms with E-state index in [0.29, 0.717) is 5.56 Å². The van der Waals surface area contributed by atoms with Gasteiger partial charge in [0, 0.05) is 5.56 Å². The minimum absolute atomic E-state index is 0.103. The molecule has 2 aromatic rings. The Morgan fingerprint density at radius 2 is 1.76 bits per heavy atom. The molecule has 21 heavy (non-hydrogen) atoms. The van der Waals surface area contributed by atoms with Gasteiger partial charge in [-0.05, 0) is 6.07 Å². The Labute approximate surface area is 117 Å². The average Bonchev–Trinajstić information content (AvgIpc) is 2.45. The average molecular weight is 296 g/mol. The molecule has 1 heterocycles. The second-order valence-corrected chi connectivity index (χ2v) is 3.97. The highest BCUT2D eigenvalue weighted by Crippen LogP contribution is 2.31. The predicted molar refractivity (Wildman–Crippen MR) is 71.9 cm³/mol. The van der Waals surface area contributed by atoms with Gasteiger partial charge in [0.2, 0.25) is 11.9 Å². The summed E-state index contributed by atoms with van der Waals surface area (Å²) in [6.07, 6.45) is -4.61. The fourth-order valence-electron chi connectivity index (χ4n) is 1.51. The summed E-state index contributed by atoms with van der Waals surface area (Å²) in [6, 6.07) is 9.24. The first-order chi connectivity index (χ1) is 9.86. The molecule has 9 heteroatoms. The van der Waals surface area contributed by atoms with Gasteiger partial charge in [0.05, 0.1) is 5.69 Å². The lowest BCUT2D eigenvalue weighted by Crippen LogP contribution is -2.24. The van der Waals surface area contributed by atoms with Crippen LogP contribution in [0.5, 0.6) is 0 Å². The highest BCUT2D eigenvalue weighted by molar-refractivity contribution is 5.76.